The average Bonchev–Trinajstić information content (AvgIpc) is 3.00. The van der Waals surface area contributed by atoms with Crippen molar-refractivity contribution in [2.75, 3.05) is 0 Å². The van der Waals surface area contributed by atoms with Gasteiger partial charge in [-0.05, 0) is 24.3 Å². The van der Waals surface area contributed by atoms with Crippen LogP contribution in [0.2, 0.25) is 0 Å². The molecule has 2 aromatic heterocycles. The molecule has 1 saturated carbocycles. The summed E-state index contributed by atoms with van der Waals surface area (Å²) in [6, 6.07) is 2.84. The van der Waals surface area contributed by atoms with E-state index < -0.39 is 0 Å². The quantitative estimate of drug-likeness (QED) is 0.886. The molecule has 2 aromatic rings. The molecule has 3 nitrogen and oxygen atoms in total. The molecule has 0 aliphatic heterocycles. The Morgan fingerprint density at radius 2 is 2.24 bits per heavy atom. The molecule has 17 heavy (non-hydrogen) atoms. The van der Waals surface area contributed by atoms with Gasteiger partial charge in [0.15, 0.2) is 0 Å². The van der Waals surface area contributed by atoms with Crippen molar-refractivity contribution in [3.05, 3.63) is 29.4 Å². The highest BCUT2D eigenvalue weighted by Gasteiger charge is 2.25. The molecule has 1 aliphatic rings. The second kappa shape index (κ2) is 4.63. The number of imidazole rings is 1. The highest BCUT2D eigenvalue weighted by molar-refractivity contribution is 7.08. The third-order valence-corrected chi connectivity index (χ3v) is 4.31. The minimum atomic E-state index is 0.273. The van der Waals surface area contributed by atoms with Crippen LogP contribution < -0.4 is 5.73 Å². The van der Waals surface area contributed by atoms with Gasteiger partial charge >= 0.3 is 0 Å². The second-order valence-electron chi connectivity index (χ2n) is 4.71. The van der Waals surface area contributed by atoms with Crippen molar-refractivity contribution in [3.8, 4) is 11.3 Å². The Bertz CT molecular complexity index is 475. The largest absolute Gasteiger partial charge is 0.326 e. The lowest BCUT2D eigenvalue weighted by atomic mass is 9.90. The number of aromatic nitrogens is 2. The van der Waals surface area contributed by atoms with Gasteiger partial charge in [-0.3, -0.25) is 0 Å². The van der Waals surface area contributed by atoms with Gasteiger partial charge in [0.1, 0.15) is 0 Å². The van der Waals surface area contributed by atoms with Gasteiger partial charge in [-0.25, -0.2) is 4.98 Å². The Morgan fingerprint density at radius 1 is 1.35 bits per heavy atom. The zero-order valence-corrected chi connectivity index (χ0v) is 10.6. The number of hydrogen-bond donors (Lipinski definition) is 1. The number of rotatable bonds is 2. The summed E-state index contributed by atoms with van der Waals surface area (Å²) in [7, 11) is 0. The van der Waals surface area contributed by atoms with Crippen LogP contribution in [0.15, 0.2) is 29.4 Å². The molecule has 2 N–H and O–H groups in total. The number of nitrogens with zero attached hydrogens (tertiary/aromatic N) is 2. The van der Waals surface area contributed by atoms with Crippen LogP contribution in [0.25, 0.3) is 11.3 Å². The Labute approximate surface area is 105 Å². The summed E-state index contributed by atoms with van der Waals surface area (Å²) in [6.07, 6.45) is 8.73. The molecular weight excluding hydrogens is 230 g/mol. The molecule has 2 atom stereocenters. The van der Waals surface area contributed by atoms with E-state index in [9.17, 15) is 0 Å². The third kappa shape index (κ3) is 2.03. The molecule has 90 valence electrons. The van der Waals surface area contributed by atoms with Crippen LogP contribution >= 0.6 is 11.3 Å². The van der Waals surface area contributed by atoms with Crippen molar-refractivity contribution in [2.45, 2.75) is 37.8 Å². The predicted octanol–water partition coefficient (Wildman–Crippen LogP) is 3.05. The maximum absolute atomic E-state index is 6.25. The van der Waals surface area contributed by atoms with E-state index in [-0.39, 0.29) is 6.04 Å². The zero-order valence-electron chi connectivity index (χ0n) is 9.75. The first kappa shape index (κ1) is 11.0. The van der Waals surface area contributed by atoms with E-state index >= 15 is 0 Å². The molecule has 0 amide bonds. The highest BCUT2D eigenvalue weighted by atomic mass is 32.1. The van der Waals surface area contributed by atoms with Crippen molar-refractivity contribution in [3.63, 3.8) is 0 Å². The van der Waals surface area contributed by atoms with Gasteiger partial charge in [0, 0.05) is 17.0 Å². The summed E-state index contributed by atoms with van der Waals surface area (Å²) in [4.78, 5) is 4.30. The Kier molecular flexibility index (Phi) is 2.99. The summed E-state index contributed by atoms with van der Waals surface area (Å²) in [5.74, 6) is 0. The van der Waals surface area contributed by atoms with Gasteiger partial charge in [0.25, 0.3) is 0 Å². The Hall–Kier alpha value is -1.13. The maximum atomic E-state index is 6.25. The van der Waals surface area contributed by atoms with Crippen LogP contribution in [0.5, 0.6) is 0 Å². The molecular formula is C13H17N3S. The smallest absolute Gasteiger partial charge is 0.0954 e. The standard InChI is InChI=1S/C13H17N3S/c14-11-3-1-2-4-12(11)16-9-15-7-13(16)10-5-6-17-8-10/h5-9,11-12H,1-4,14H2/t11-,12-/m1/s1. The van der Waals surface area contributed by atoms with E-state index in [1.165, 1.54) is 30.5 Å². The van der Waals surface area contributed by atoms with E-state index in [4.69, 9.17) is 5.73 Å². The number of thiophene rings is 1. The van der Waals surface area contributed by atoms with Gasteiger partial charge in [-0.15, -0.1) is 0 Å². The lowest BCUT2D eigenvalue weighted by molar-refractivity contribution is 0.308. The fraction of sp³-hybridized carbons (Fsp3) is 0.462. The summed E-state index contributed by atoms with van der Waals surface area (Å²) >= 11 is 1.72. The van der Waals surface area contributed by atoms with Crippen molar-refractivity contribution < 1.29 is 0 Å². The van der Waals surface area contributed by atoms with Crippen LogP contribution in [0.1, 0.15) is 31.7 Å². The summed E-state index contributed by atoms with van der Waals surface area (Å²) in [6.45, 7) is 0. The molecule has 0 unspecified atom stereocenters. The fourth-order valence-electron chi connectivity index (χ4n) is 2.69. The Balaban J connectivity index is 1.95. The van der Waals surface area contributed by atoms with Crippen molar-refractivity contribution in [1.82, 2.24) is 9.55 Å². The van der Waals surface area contributed by atoms with Gasteiger partial charge in [0.2, 0.25) is 0 Å². The predicted molar refractivity (Wildman–Crippen MR) is 71.0 cm³/mol. The van der Waals surface area contributed by atoms with Crippen LogP contribution in [0.4, 0.5) is 0 Å². The minimum Gasteiger partial charge on any atom is -0.326 e. The first-order valence-electron chi connectivity index (χ1n) is 6.16. The molecule has 0 bridgehead atoms. The van der Waals surface area contributed by atoms with Crippen molar-refractivity contribution in [2.24, 2.45) is 5.73 Å². The van der Waals surface area contributed by atoms with E-state index in [0.717, 1.165) is 6.42 Å². The first-order valence-corrected chi connectivity index (χ1v) is 7.10. The summed E-state index contributed by atoms with van der Waals surface area (Å²) < 4.78 is 2.27. The van der Waals surface area contributed by atoms with E-state index in [2.05, 4.69) is 26.4 Å². The molecule has 0 spiro atoms. The molecule has 0 radical (unpaired) electrons. The van der Waals surface area contributed by atoms with Crippen LogP contribution in [0, 0.1) is 0 Å². The highest BCUT2D eigenvalue weighted by Crippen LogP contribution is 2.32. The SMILES string of the molecule is N[C@@H]1CCCC[C@H]1n1cncc1-c1ccsc1. The van der Waals surface area contributed by atoms with Gasteiger partial charge in [0.05, 0.1) is 24.3 Å². The average molecular weight is 247 g/mol. The lowest BCUT2D eigenvalue weighted by Gasteiger charge is -2.30. The molecule has 3 rings (SSSR count). The second-order valence-corrected chi connectivity index (χ2v) is 5.49. The monoisotopic (exact) mass is 247 g/mol. The third-order valence-electron chi connectivity index (χ3n) is 3.62. The molecule has 1 fully saturated rings. The van der Waals surface area contributed by atoms with Crippen LogP contribution in [-0.4, -0.2) is 15.6 Å². The van der Waals surface area contributed by atoms with Crippen molar-refractivity contribution in [1.29, 1.82) is 0 Å². The molecule has 0 aromatic carbocycles. The number of hydrogen-bond acceptors (Lipinski definition) is 3. The summed E-state index contributed by atoms with van der Waals surface area (Å²) in [5.41, 5.74) is 8.70. The normalized spacial score (nSPS) is 25.0. The zero-order chi connectivity index (χ0) is 11.7. The summed E-state index contributed by atoms with van der Waals surface area (Å²) in [5, 5.41) is 4.27. The van der Waals surface area contributed by atoms with E-state index in [1.807, 2.05) is 12.5 Å². The first-order chi connectivity index (χ1) is 8.36. The maximum Gasteiger partial charge on any atom is 0.0954 e. The Morgan fingerprint density at radius 3 is 3.00 bits per heavy atom. The number of nitrogens with two attached hydrogens (primary N) is 1. The van der Waals surface area contributed by atoms with E-state index in [0.29, 0.717) is 6.04 Å². The topological polar surface area (TPSA) is 43.8 Å². The van der Waals surface area contributed by atoms with E-state index in [1.54, 1.807) is 11.3 Å². The molecule has 4 heteroatoms. The van der Waals surface area contributed by atoms with Crippen molar-refractivity contribution >= 4 is 11.3 Å². The molecule has 2 heterocycles. The molecule has 1 aliphatic carbocycles. The minimum absolute atomic E-state index is 0.273. The van der Waals surface area contributed by atoms with Gasteiger partial charge in [-0.1, -0.05) is 12.8 Å². The lowest BCUT2D eigenvalue weighted by Crippen LogP contribution is -2.34. The van der Waals surface area contributed by atoms with Gasteiger partial charge in [-0.2, -0.15) is 11.3 Å². The van der Waals surface area contributed by atoms with Crippen LogP contribution in [-0.2, 0) is 0 Å². The van der Waals surface area contributed by atoms with Crippen LogP contribution in [0.3, 0.4) is 0 Å². The fourth-order valence-corrected chi connectivity index (χ4v) is 3.34. The van der Waals surface area contributed by atoms with Gasteiger partial charge < -0.3 is 10.3 Å². The molecule has 0 saturated heterocycles.